The van der Waals surface area contributed by atoms with Crippen molar-refractivity contribution in [1.82, 2.24) is 14.8 Å². The Balaban J connectivity index is 1.43. The van der Waals surface area contributed by atoms with Crippen LogP contribution in [-0.2, 0) is 24.2 Å². The molecule has 3 heterocycles. The van der Waals surface area contributed by atoms with Gasteiger partial charge >= 0.3 is 0 Å². The van der Waals surface area contributed by atoms with Gasteiger partial charge in [0.05, 0.1) is 12.1 Å². The summed E-state index contributed by atoms with van der Waals surface area (Å²) in [6, 6.07) is 12.0. The minimum absolute atomic E-state index is 0.00846. The molecule has 4 atom stereocenters. The third kappa shape index (κ3) is 3.65. The molecule has 5 rings (SSSR count). The second-order valence-corrected chi connectivity index (χ2v) is 9.65. The van der Waals surface area contributed by atoms with E-state index in [0.29, 0.717) is 12.1 Å². The molecule has 0 spiro atoms. The number of hydrogen-bond donors (Lipinski definition) is 2. The van der Waals surface area contributed by atoms with Crippen LogP contribution in [-0.4, -0.2) is 45.7 Å². The zero-order valence-corrected chi connectivity index (χ0v) is 19.4. The fraction of sp³-hybridized carbons (Fsp3) is 0.481. The number of likely N-dealkylation sites (tertiary alicyclic amines) is 1. The van der Waals surface area contributed by atoms with E-state index >= 15 is 0 Å². The van der Waals surface area contributed by atoms with Gasteiger partial charge < -0.3 is 15.0 Å². The first-order valence-electron chi connectivity index (χ1n) is 12.2. The Labute approximate surface area is 194 Å². The third-order valence-corrected chi connectivity index (χ3v) is 7.71. The van der Waals surface area contributed by atoms with Gasteiger partial charge in [-0.05, 0) is 56.0 Å². The van der Waals surface area contributed by atoms with E-state index in [1.807, 2.05) is 47.9 Å². The first-order valence-corrected chi connectivity index (χ1v) is 12.2. The summed E-state index contributed by atoms with van der Waals surface area (Å²) in [6.07, 6.45) is 6.32. The standard InChI is InChI=1S/C27H33N3O3/c1-3-7-17-10-11-23-24-21(15-30(23)27(17)33)22(16-31)25(29(24)12-4-2)26(32)28-20-13-18-8-5-6-9-19(18)14-20/h3,5-11,20-22,24-25,31H,4,12-16H2,1-2H3,(H,28,32)/b7-3+/t21-,22-,24+,25-/m1/s1. The molecule has 2 aromatic rings. The number of aromatic nitrogens is 1. The minimum atomic E-state index is -0.382. The van der Waals surface area contributed by atoms with Crippen molar-refractivity contribution in [2.45, 2.75) is 57.8 Å². The average Bonchev–Trinajstić information content (AvgIpc) is 3.47. The highest BCUT2D eigenvalue weighted by atomic mass is 16.3. The number of nitrogens with one attached hydrogen (secondary N) is 1. The van der Waals surface area contributed by atoms with Crippen LogP contribution in [0.3, 0.4) is 0 Å². The van der Waals surface area contributed by atoms with Gasteiger partial charge in [-0.15, -0.1) is 0 Å². The van der Waals surface area contributed by atoms with E-state index < -0.39 is 0 Å². The van der Waals surface area contributed by atoms with E-state index in [0.717, 1.165) is 31.5 Å². The number of pyridine rings is 1. The van der Waals surface area contributed by atoms with E-state index in [-0.39, 0.29) is 48.0 Å². The summed E-state index contributed by atoms with van der Waals surface area (Å²) in [7, 11) is 0. The molecule has 1 saturated heterocycles. The molecule has 6 heteroatoms. The van der Waals surface area contributed by atoms with E-state index in [1.54, 1.807) is 0 Å². The normalized spacial score (nSPS) is 26.5. The first kappa shape index (κ1) is 22.1. The number of amides is 1. The van der Waals surface area contributed by atoms with Crippen LogP contribution in [0.5, 0.6) is 0 Å². The second-order valence-electron chi connectivity index (χ2n) is 9.65. The van der Waals surface area contributed by atoms with E-state index in [4.69, 9.17) is 0 Å². The molecule has 1 amide bonds. The maximum absolute atomic E-state index is 13.6. The van der Waals surface area contributed by atoms with Crippen molar-refractivity contribution < 1.29 is 9.90 Å². The van der Waals surface area contributed by atoms with Gasteiger partial charge in [0.1, 0.15) is 0 Å². The second kappa shape index (κ2) is 8.92. The van der Waals surface area contributed by atoms with Gasteiger partial charge in [-0.2, -0.15) is 0 Å². The van der Waals surface area contributed by atoms with Gasteiger partial charge in [0, 0.05) is 42.3 Å². The molecule has 1 aromatic carbocycles. The number of aliphatic hydroxyl groups is 1. The number of carbonyl (C=O) groups is 1. The molecule has 2 aliphatic heterocycles. The lowest BCUT2D eigenvalue weighted by Crippen LogP contribution is -2.51. The summed E-state index contributed by atoms with van der Waals surface area (Å²) in [5.41, 5.74) is 4.27. The molecule has 2 N–H and O–H groups in total. The summed E-state index contributed by atoms with van der Waals surface area (Å²) in [5.74, 6) is -0.143. The molecule has 1 aliphatic carbocycles. The van der Waals surface area contributed by atoms with Crippen LogP contribution >= 0.6 is 0 Å². The molecule has 1 fully saturated rings. The highest BCUT2D eigenvalue weighted by Gasteiger charge is 2.55. The molecule has 1 aromatic heterocycles. The smallest absolute Gasteiger partial charge is 0.258 e. The van der Waals surface area contributed by atoms with Crippen molar-refractivity contribution in [2.75, 3.05) is 13.2 Å². The van der Waals surface area contributed by atoms with Gasteiger partial charge in [0.25, 0.3) is 5.56 Å². The zero-order chi connectivity index (χ0) is 23.1. The van der Waals surface area contributed by atoms with Crippen LogP contribution in [0.2, 0.25) is 0 Å². The summed E-state index contributed by atoms with van der Waals surface area (Å²) < 4.78 is 1.86. The van der Waals surface area contributed by atoms with E-state index in [1.165, 1.54) is 11.1 Å². The average molecular weight is 448 g/mol. The number of rotatable bonds is 6. The number of allylic oxidation sites excluding steroid dienone is 1. The first-order chi connectivity index (χ1) is 16.1. The number of carbonyl (C=O) groups excluding carboxylic acids is 1. The lowest BCUT2D eigenvalue weighted by Gasteiger charge is -2.31. The summed E-state index contributed by atoms with van der Waals surface area (Å²) in [5, 5.41) is 13.7. The van der Waals surface area contributed by atoms with Crippen LogP contribution in [0.25, 0.3) is 6.08 Å². The summed E-state index contributed by atoms with van der Waals surface area (Å²) in [4.78, 5) is 28.9. The molecule has 0 unspecified atom stereocenters. The van der Waals surface area contributed by atoms with Crippen molar-refractivity contribution in [1.29, 1.82) is 0 Å². The number of aliphatic hydroxyl groups excluding tert-OH is 1. The highest BCUT2D eigenvalue weighted by Crippen LogP contribution is 2.49. The molecule has 6 nitrogen and oxygen atoms in total. The van der Waals surface area contributed by atoms with Crippen molar-refractivity contribution in [2.24, 2.45) is 11.8 Å². The fourth-order valence-corrected chi connectivity index (χ4v) is 6.40. The Kier molecular flexibility index (Phi) is 5.97. The lowest BCUT2D eigenvalue weighted by molar-refractivity contribution is -0.128. The van der Waals surface area contributed by atoms with Crippen molar-refractivity contribution in [3.8, 4) is 0 Å². The molecule has 33 heavy (non-hydrogen) atoms. The molecule has 3 aliphatic rings. The van der Waals surface area contributed by atoms with Gasteiger partial charge in [0.2, 0.25) is 5.91 Å². The predicted molar refractivity (Wildman–Crippen MR) is 129 cm³/mol. The quantitative estimate of drug-likeness (QED) is 0.714. The number of nitrogens with zero attached hydrogens (tertiary/aromatic N) is 2. The van der Waals surface area contributed by atoms with Gasteiger partial charge in [0.15, 0.2) is 0 Å². The van der Waals surface area contributed by atoms with Crippen LogP contribution in [0, 0.1) is 11.8 Å². The Morgan fingerprint density at radius 1 is 1.18 bits per heavy atom. The molecule has 174 valence electrons. The van der Waals surface area contributed by atoms with Gasteiger partial charge in [-0.25, -0.2) is 0 Å². The summed E-state index contributed by atoms with van der Waals surface area (Å²) in [6.45, 7) is 5.26. The van der Waals surface area contributed by atoms with E-state index in [9.17, 15) is 14.7 Å². The maximum atomic E-state index is 13.6. The fourth-order valence-electron chi connectivity index (χ4n) is 6.40. The highest BCUT2D eigenvalue weighted by molar-refractivity contribution is 5.83. The monoisotopic (exact) mass is 447 g/mol. The Bertz CT molecular complexity index is 1110. The molecular weight excluding hydrogens is 414 g/mol. The Morgan fingerprint density at radius 3 is 2.55 bits per heavy atom. The van der Waals surface area contributed by atoms with Gasteiger partial charge in [-0.1, -0.05) is 43.3 Å². The molecule has 0 bridgehead atoms. The Morgan fingerprint density at radius 2 is 1.91 bits per heavy atom. The lowest BCUT2D eigenvalue weighted by atomic mass is 9.88. The molecular formula is C27H33N3O3. The topological polar surface area (TPSA) is 74.6 Å². The molecule has 0 radical (unpaired) electrons. The minimum Gasteiger partial charge on any atom is -0.396 e. The van der Waals surface area contributed by atoms with E-state index in [2.05, 4.69) is 29.3 Å². The number of fused-ring (bicyclic) bond motifs is 4. The SMILES string of the molecule is C/C=C/c1ccc2n(c1=O)C[C@@H]1[C@@H](CO)[C@H](C(=O)NC3Cc4ccccc4C3)N(CCC)[C@H]21. The van der Waals surface area contributed by atoms with Crippen molar-refractivity contribution in [3.05, 3.63) is 75.2 Å². The summed E-state index contributed by atoms with van der Waals surface area (Å²) >= 11 is 0. The largest absolute Gasteiger partial charge is 0.396 e. The van der Waals surface area contributed by atoms with Crippen LogP contribution in [0.4, 0.5) is 0 Å². The zero-order valence-electron chi connectivity index (χ0n) is 19.4. The van der Waals surface area contributed by atoms with Crippen LogP contribution in [0.1, 0.15) is 48.7 Å². The number of benzene rings is 1. The van der Waals surface area contributed by atoms with Crippen molar-refractivity contribution in [3.63, 3.8) is 0 Å². The Hall–Kier alpha value is -2.70. The number of hydrogen-bond acceptors (Lipinski definition) is 4. The third-order valence-electron chi connectivity index (χ3n) is 7.71. The maximum Gasteiger partial charge on any atom is 0.258 e. The van der Waals surface area contributed by atoms with Crippen LogP contribution in [0.15, 0.2) is 47.3 Å². The molecule has 0 saturated carbocycles. The van der Waals surface area contributed by atoms with Crippen molar-refractivity contribution >= 4 is 12.0 Å². The van der Waals surface area contributed by atoms with Gasteiger partial charge in [-0.3, -0.25) is 14.5 Å². The van der Waals surface area contributed by atoms with Crippen LogP contribution < -0.4 is 10.9 Å². The predicted octanol–water partition coefficient (Wildman–Crippen LogP) is 2.54.